The van der Waals surface area contributed by atoms with Crippen LogP contribution in [0.3, 0.4) is 0 Å². The zero-order chi connectivity index (χ0) is 31.7. The first kappa shape index (κ1) is 36.7. The standard InChI is InChI=1S/C40H70O5/c1-3-5-7-9-11-13-15-31-16-22-37(23-17-31)44-39(41)34-20-18-33-30-35(21-19-32(33)29-34)40(42)45-38-26-24-36(25-27-38)43-28-14-12-10-8-6-4-2/h31-38H,3-30H2,1-2H3. The summed E-state index contributed by atoms with van der Waals surface area (Å²) in [5.41, 5.74) is 0. The molecule has 4 atom stereocenters. The van der Waals surface area contributed by atoms with Crippen LogP contribution in [0.25, 0.3) is 0 Å². The number of carbonyl (C=O) groups excluding carboxylic acids is 2. The Morgan fingerprint density at radius 1 is 0.489 bits per heavy atom. The minimum Gasteiger partial charge on any atom is -0.462 e. The first-order valence-electron chi connectivity index (χ1n) is 20.1. The largest absolute Gasteiger partial charge is 0.462 e. The summed E-state index contributed by atoms with van der Waals surface area (Å²) in [6.07, 6.45) is 32.3. The van der Waals surface area contributed by atoms with Crippen molar-refractivity contribution >= 4 is 11.9 Å². The number of carbonyl (C=O) groups is 2. The number of hydrogen-bond acceptors (Lipinski definition) is 5. The summed E-state index contributed by atoms with van der Waals surface area (Å²) in [6, 6.07) is 0. The number of ether oxygens (including phenoxy) is 3. The van der Waals surface area contributed by atoms with Gasteiger partial charge in [-0.05, 0) is 114 Å². The zero-order valence-corrected chi connectivity index (χ0v) is 29.5. The van der Waals surface area contributed by atoms with Crippen LogP contribution >= 0.6 is 0 Å². The molecule has 0 spiro atoms. The highest BCUT2D eigenvalue weighted by Gasteiger charge is 2.41. The predicted molar refractivity (Wildman–Crippen MR) is 183 cm³/mol. The summed E-state index contributed by atoms with van der Waals surface area (Å²) in [5, 5.41) is 0. The second-order valence-corrected chi connectivity index (χ2v) is 15.7. The van der Waals surface area contributed by atoms with Crippen LogP contribution in [0.4, 0.5) is 0 Å². The Kier molecular flexibility index (Phi) is 17.1. The summed E-state index contributed by atoms with van der Waals surface area (Å²) in [5.74, 6) is 2.18. The van der Waals surface area contributed by atoms with Crippen molar-refractivity contribution in [3.8, 4) is 0 Å². The van der Waals surface area contributed by atoms with Crippen LogP contribution in [0.5, 0.6) is 0 Å². The van der Waals surface area contributed by atoms with Gasteiger partial charge in [0.05, 0.1) is 17.9 Å². The van der Waals surface area contributed by atoms with Crippen molar-refractivity contribution in [2.45, 2.75) is 206 Å². The van der Waals surface area contributed by atoms with Crippen LogP contribution in [-0.4, -0.2) is 36.9 Å². The third-order valence-corrected chi connectivity index (χ3v) is 12.1. The van der Waals surface area contributed by atoms with Crippen molar-refractivity contribution in [2.75, 3.05) is 6.61 Å². The van der Waals surface area contributed by atoms with Gasteiger partial charge in [0.2, 0.25) is 0 Å². The average molecular weight is 631 g/mol. The van der Waals surface area contributed by atoms with Gasteiger partial charge in [0.15, 0.2) is 0 Å². The van der Waals surface area contributed by atoms with Crippen molar-refractivity contribution < 1.29 is 23.8 Å². The van der Waals surface area contributed by atoms with Crippen molar-refractivity contribution in [3.63, 3.8) is 0 Å². The highest BCUT2D eigenvalue weighted by molar-refractivity contribution is 5.73. The molecule has 260 valence electrons. The number of fused-ring (bicyclic) bond motifs is 1. The fourth-order valence-electron chi connectivity index (χ4n) is 9.04. The molecule has 4 aliphatic rings. The van der Waals surface area contributed by atoms with E-state index in [4.69, 9.17) is 14.2 Å². The predicted octanol–water partition coefficient (Wildman–Crippen LogP) is 10.9. The summed E-state index contributed by atoms with van der Waals surface area (Å²) in [4.78, 5) is 26.3. The first-order valence-corrected chi connectivity index (χ1v) is 20.1. The van der Waals surface area contributed by atoms with E-state index < -0.39 is 0 Å². The fourth-order valence-corrected chi connectivity index (χ4v) is 9.04. The van der Waals surface area contributed by atoms with Gasteiger partial charge in [0, 0.05) is 6.61 Å². The second kappa shape index (κ2) is 21.0. The van der Waals surface area contributed by atoms with Crippen LogP contribution in [-0.2, 0) is 23.8 Å². The molecule has 0 N–H and O–H groups in total. The monoisotopic (exact) mass is 631 g/mol. The number of unbranched alkanes of at least 4 members (excludes halogenated alkanes) is 10. The molecule has 0 aliphatic heterocycles. The molecule has 0 heterocycles. The molecule has 0 aromatic rings. The van der Waals surface area contributed by atoms with E-state index in [-0.39, 0.29) is 36.0 Å². The molecule has 0 amide bonds. The molecule has 45 heavy (non-hydrogen) atoms. The molecule has 4 aliphatic carbocycles. The van der Waals surface area contributed by atoms with E-state index in [2.05, 4.69) is 13.8 Å². The molecule has 4 fully saturated rings. The molecule has 4 unspecified atom stereocenters. The molecule has 0 aromatic carbocycles. The lowest BCUT2D eigenvalue weighted by Crippen LogP contribution is -2.38. The Morgan fingerprint density at radius 2 is 0.933 bits per heavy atom. The Labute approximate surface area is 277 Å². The van der Waals surface area contributed by atoms with Crippen LogP contribution in [0.1, 0.15) is 187 Å². The Bertz CT molecular complexity index is 812. The molecular weight excluding hydrogens is 560 g/mol. The summed E-state index contributed by atoms with van der Waals surface area (Å²) in [6.45, 7) is 5.42. The van der Waals surface area contributed by atoms with E-state index >= 15 is 0 Å². The lowest BCUT2D eigenvalue weighted by molar-refractivity contribution is -0.163. The Morgan fingerprint density at radius 3 is 1.47 bits per heavy atom. The topological polar surface area (TPSA) is 61.8 Å². The quantitative estimate of drug-likeness (QED) is 0.105. The normalized spacial score (nSPS) is 32.0. The van der Waals surface area contributed by atoms with E-state index in [1.54, 1.807) is 0 Å². The van der Waals surface area contributed by atoms with Gasteiger partial charge in [0.25, 0.3) is 0 Å². The number of hydrogen-bond donors (Lipinski definition) is 0. The van der Waals surface area contributed by atoms with E-state index in [0.29, 0.717) is 17.9 Å². The fraction of sp³-hybridized carbons (Fsp3) is 0.950. The highest BCUT2D eigenvalue weighted by atomic mass is 16.5. The van der Waals surface area contributed by atoms with E-state index in [1.165, 1.54) is 96.3 Å². The third kappa shape index (κ3) is 13.1. The van der Waals surface area contributed by atoms with Gasteiger partial charge < -0.3 is 14.2 Å². The maximum absolute atomic E-state index is 13.2. The molecule has 5 heteroatoms. The minimum atomic E-state index is 0.0403. The lowest BCUT2D eigenvalue weighted by atomic mass is 9.65. The summed E-state index contributed by atoms with van der Waals surface area (Å²) >= 11 is 0. The van der Waals surface area contributed by atoms with Crippen molar-refractivity contribution in [1.29, 1.82) is 0 Å². The molecule has 0 saturated heterocycles. The van der Waals surface area contributed by atoms with Gasteiger partial charge in [-0.3, -0.25) is 9.59 Å². The van der Waals surface area contributed by atoms with Crippen LogP contribution in [0, 0.1) is 29.6 Å². The maximum Gasteiger partial charge on any atom is 0.309 e. The molecule has 4 rings (SSSR count). The van der Waals surface area contributed by atoms with Crippen LogP contribution < -0.4 is 0 Å². The highest BCUT2D eigenvalue weighted by Crippen LogP contribution is 2.46. The van der Waals surface area contributed by atoms with E-state index in [1.807, 2.05) is 0 Å². The van der Waals surface area contributed by atoms with Gasteiger partial charge in [0.1, 0.15) is 12.2 Å². The van der Waals surface area contributed by atoms with E-state index in [9.17, 15) is 9.59 Å². The molecule has 0 aromatic heterocycles. The average Bonchev–Trinajstić information content (AvgIpc) is 3.07. The van der Waals surface area contributed by atoms with Crippen molar-refractivity contribution in [2.24, 2.45) is 29.6 Å². The van der Waals surface area contributed by atoms with Crippen LogP contribution in [0.2, 0.25) is 0 Å². The summed E-state index contributed by atoms with van der Waals surface area (Å²) in [7, 11) is 0. The smallest absolute Gasteiger partial charge is 0.309 e. The zero-order valence-electron chi connectivity index (χ0n) is 29.5. The van der Waals surface area contributed by atoms with Gasteiger partial charge in [-0.1, -0.05) is 90.9 Å². The SMILES string of the molecule is CCCCCCCCOC1CCC(OC(=O)C2CCC3CC(C(=O)OC4CCC(CCCCCCCC)CC4)CCC3C2)CC1. The summed E-state index contributed by atoms with van der Waals surface area (Å²) < 4.78 is 18.3. The Hall–Kier alpha value is -1.10. The molecule has 5 nitrogen and oxygen atoms in total. The van der Waals surface area contributed by atoms with Gasteiger partial charge in [-0.2, -0.15) is 0 Å². The number of rotatable bonds is 19. The Balaban J connectivity index is 1.05. The minimum absolute atomic E-state index is 0.0403. The molecule has 0 radical (unpaired) electrons. The third-order valence-electron chi connectivity index (χ3n) is 12.1. The van der Waals surface area contributed by atoms with E-state index in [0.717, 1.165) is 89.6 Å². The lowest BCUT2D eigenvalue weighted by Gasteiger charge is -2.41. The molecule has 0 bridgehead atoms. The molecular formula is C40H70O5. The first-order chi connectivity index (χ1) is 22.1. The van der Waals surface area contributed by atoms with Crippen LogP contribution in [0.15, 0.2) is 0 Å². The number of esters is 2. The van der Waals surface area contributed by atoms with Gasteiger partial charge in [-0.25, -0.2) is 0 Å². The van der Waals surface area contributed by atoms with Gasteiger partial charge in [-0.15, -0.1) is 0 Å². The van der Waals surface area contributed by atoms with Crippen molar-refractivity contribution in [1.82, 2.24) is 0 Å². The van der Waals surface area contributed by atoms with Crippen molar-refractivity contribution in [3.05, 3.63) is 0 Å². The maximum atomic E-state index is 13.2. The molecule has 4 saturated carbocycles. The second-order valence-electron chi connectivity index (χ2n) is 15.7. The van der Waals surface area contributed by atoms with Gasteiger partial charge >= 0.3 is 11.9 Å².